The fraction of sp³-hybridized carbons (Fsp3) is 0.444. The number of nitrogen functional groups attached to an aromatic ring is 1. The van der Waals surface area contributed by atoms with E-state index in [9.17, 15) is 19.7 Å². The number of nitrogens with one attached hydrogen (secondary N) is 1. The second kappa shape index (κ2) is 5.80. The number of nitrogens with zero attached hydrogens (tertiary/aromatic N) is 3. The van der Waals surface area contributed by atoms with Gasteiger partial charge >= 0.3 is 17.2 Å². The fourth-order valence-corrected chi connectivity index (χ4v) is 1.38. The van der Waals surface area contributed by atoms with Crippen LogP contribution in [0.5, 0.6) is 0 Å². The SMILES string of the molecule is CCOC(=O)CN(C)c1nc(N)[nH]c(=O)c1[N+](=O)[O-]. The average molecular weight is 271 g/mol. The van der Waals surface area contributed by atoms with Gasteiger partial charge in [0.1, 0.15) is 6.54 Å². The largest absolute Gasteiger partial charge is 0.465 e. The van der Waals surface area contributed by atoms with Crippen molar-refractivity contribution in [3.05, 3.63) is 20.5 Å². The number of aromatic amines is 1. The zero-order valence-corrected chi connectivity index (χ0v) is 10.4. The van der Waals surface area contributed by atoms with Crippen LogP contribution in [-0.2, 0) is 9.53 Å². The van der Waals surface area contributed by atoms with Gasteiger partial charge in [-0.25, -0.2) is 0 Å². The number of esters is 1. The second-order valence-electron chi connectivity index (χ2n) is 3.54. The first-order valence-electron chi connectivity index (χ1n) is 5.27. The maximum atomic E-state index is 11.5. The Kier molecular flexibility index (Phi) is 4.40. The smallest absolute Gasteiger partial charge is 0.376 e. The summed E-state index contributed by atoms with van der Waals surface area (Å²) in [5.41, 5.74) is 3.56. The standard InChI is InChI=1S/C9H13N5O5/c1-3-19-5(15)4-13(2)7-6(14(17)18)8(16)12-9(10)11-7/h3-4H2,1-2H3,(H3,10,11,12,16). The van der Waals surface area contributed by atoms with Crippen molar-refractivity contribution in [3.63, 3.8) is 0 Å². The third-order valence-electron chi connectivity index (χ3n) is 2.11. The van der Waals surface area contributed by atoms with E-state index in [1.807, 2.05) is 4.98 Å². The molecule has 104 valence electrons. The number of H-pyrrole nitrogens is 1. The summed E-state index contributed by atoms with van der Waals surface area (Å²) in [5.74, 6) is -1.17. The molecule has 0 fully saturated rings. The first-order valence-corrected chi connectivity index (χ1v) is 5.27. The maximum Gasteiger partial charge on any atom is 0.376 e. The molecule has 3 N–H and O–H groups in total. The quantitative estimate of drug-likeness (QED) is 0.404. The van der Waals surface area contributed by atoms with Crippen LogP contribution in [0.3, 0.4) is 0 Å². The van der Waals surface area contributed by atoms with E-state index in [4.69, 9.17) is 10.5 Å². The number of carbonyl (C=O) groups excluding carboxylic acids is 1. The summed E-state index contributed by atoms with van der Waals surface area (Å²) in [7, 11) is 1.37. The third-order valence-corrected chi connectivity index (χ3v) is 2.11. The van der Waals surface area contributed by atoms with Crippen LogP contribution in [-0.4, -0.2) is 41.1 Å². The topological polar surface area (TPSA) is 144 Å². The average Bonchev–Trinajstić information content (AvgIpc) is 2.27. The first-order chi connectivity index (χ1) is 8.86. The molecule has 10 nitrogen and oxygen atoms in total. The lowest BCUT2D eigenvalue weighted by Crippen LogP contribution is -2.31. The van der Waals surface area contributed by atoms with Gasteiger partial charge in [0.15, 0.2) is 0 Å². The number of carbonyl (C=O) groups is 1. The summed E-state index contributed by atoms with van der Waals surface area (Å²) < 4.78 is 4.70. The van der Waals surface area contributed by atoms with Gasteiger partial charge in [-0.15, -0.1) is 0 Å². The molecule has 0 atom stereocenters. The number of ether oxygens (including phenoxy) is 1. The zero-order chi connectivity index (χ0) is 14.6. The van der Waals surface area contributed by atoms with Crippen LogP contribution >= 0.6 is 0 Å². The molecule has 0 amide bonds. The van der Waals surface area contributed by atoms with E-state index in [0.29, 0.717) is 0 Å². The van der Waals surface area contributed by atoms with E-state index in [1.165, 1.54) is 7.05 Å². The normalized spacial score (nSPS) is 10.0. The molecule has 0 spiro atoms. The lowest BCUT2D eigenvalue weighted by Gasteiger charge is -2.16. The molecule has 0 radical (unpaired) electrons. The minimum Gasteiger partial charge on any atom is -0.465 e. The molecule has 1 aromatic rings. The van der Waals surface area contributed by atoms with Gasteiger partial charge in [-0.05, 0) is 6.92 Å². The predicted molar refractivity (Wildman–Crippen MR) is 65.8 cm³/mol. The Bertz CT molecular complexity index is 554. The fourth-order valence-electron chi connectivity index (χ4n) is 1.38. The monoisotopic (exact) mass is 271 g/mol. The molecule has 1 aromatic heterocycles. The zero-order valence-electron chi connectivity index (χ0n) is 10.4. The lowest BCUT2D eigenvalue weighted by molar-refractivity contribution is -0.385. The number of hydrogen-bond donors (Lipinski definition) is 2. The predicted octanol–water partition coefficient (Wildman–Crippen LogP) is -0.740. The van der Waals surface area contributed by atoms with Crippen LogP contribution in [0, 0.1) is 10.1 Å². The molecule has 0 aliphatic rings. The summed E-state index contributed by atoms with van der Waals surface area (Å²) >= 11 is 0. The van der Waals surface area contributed by atoms with Crippen LogP contribution in [0.15, 0.2) is 4.79 Å². The van der Waals surface area contributed by atoms with Crippen molar-refractivity contribution in [1.82, 2.24) is 9.97 Å². The van der Waals surface area contributed by atoms with Gasteiger partial charge in [-0.3, -0.25) is 24.7 Å². The van der Waals surface area contributed by atoms with Crippen molar-refractivity contribution < 1.29 is 14.5 Å². The Labute approximate surface area is 107 Å². The van der Waals surface area contributed by atoms with Gasteiger partial charge in [0, 0.05) is 7.05 Å². The van der Waals surface area contributed by atoms with Gasteiger partial charge in [0.25, 0.3) is 0 Å². The summed E-state index contributed by atoms with van der Waals surface area (Å²) in [6, 6.07) is 0. The Hall–Kier alpha value is -2.65. The Balaban J connectivity index is 3.14. The summed E-state index contributed by atoms with van der Waals surface area (Å²) in [6.45, 7) is 1.52. The van der Waals surface area contributed by atoms with E-state index >= 15 is 0 Å². The van der Waals surface area contributed by atoms with Gasteiger partial charge in [0.05, 0.1) is 11.5 Å². The molecule has 1 rings (SSSR count). The highest BCUT2D eigenvalue weighted by atomic mass is 16.6. The van der Waals surface area contributed by atoms with Crippen molar-refractivity contribution in [2.24, 2.45) is 0 Å². The number of anilines is 2. The van der Waals surface area contributed by atoms with E-state index in [2.05, 4.69) is 4.98 Å². The number of nitrogens with two attached hydrogens (primary N) is 1. The summed E-state index contributed by atoms with van der Waals surface area (Å²) in [6.07, 6.45) is 0. The highest BCUT2D eigenvalue weighted by Crippen LogP contribution is 2.20. The van der Waals surface area contributed by atoms with E-state index in [-0.39, 0.29) is 24.9 Å². The molecule has 0 aromatic carbocycles. The number of hydrogen-bond acceptors (Lipinski definition) is 8. The van der Waals surface area contributed by atoms with Crippen LogP contribution in [0.2, 0.25) is 0 Å². The first kappa shape index (κ1) is 14.4. The lowest BCUT2D eigenvalue weighted by atomic mass is 10.4. The highest BCUT2D eigenvalue weighted by Gasteiger charge is 2.26. The molecule has 0 unspecified atom stereocenters. The summed E-state index contributed by atoms with van der Waals surface area (Å²) in [5, 5.41) is 10.8. The van der Waals surface area contributed by atoms with E-state index in [1.54, 1.807) is 6.92 Å². The Morgan fingerprint density at radius 2 is 2.26 bits per heavy atom. The molecule has 0 aliphatic carbocycles. The van der Waals surface area contributed by atoms with Crippen molar-refractivity contribution >= 4 is 23.4 Å². The van der Waals surface area contributed by atoms with Crippen molar-refractivity contribution in [3.8, 4) is 0 Å². The number of rotatable bonds is 5. The number of aromatic nitrogens is 2. The van der Waals surface area contributed by atoms with Gasteiger partial charge in [-0.2, -0.15) is 4.98 Å². The minimum absolute atomic E-state index is 0.180. The molecule has 0 saturated heterocycles. The second-order valence-corrected chi connectivity index (χ2v) is 3.54. The molecule has 0 bridgehead atoms. The molecular weight excluding hydrogens is 258 g/mol. The van der Waals surface area contributed by atoms with Crippen LogP contribution < -0.4 is 16.2 Å². The van der Waals surface area contributed by atoms with Crippen molar-refractivity contribution in [2.45, 2.75) is 6.92 Å². The van der Waals surface area contributed by atoms with Crippen molar-refractivity contribution in [2.75, 3.05) is 30.8 Å². The van der Waals surface area contributed by atoms with Gasteiger partial charge < -0.3 is 15.4 Å². The molecular formula is C9H13N5O5. The van der Waals surface area contributed by atoms with Crippen molar-refractivity contribution in [1.29, 1.82) is 0 Å². The number of nitro groups is 1. The van der Waals surface area contributed by atoms with Gasteiger partial charge in [0.2, 0.25) is 11.8 Å². The molecule has 1 heterocycles. The highest BCUT2D eigenvalue weighted by molar-refractivity contribution is 5.76. The van der Waals surface area contributed by atoms with Crippen LogP contribution in [0.1, 0.15) is 6.92 Å². The molecule has 19 heavy (non-hydrogen) atoms. The molecule has 10 heteroatoms. The van der Waals surface area contributed by atoms with Crippen LogP contribution in [0.25, 0.3) is 0 Å². The Morgan fingerprint density at radius 1 is 1.63 bits per heavy atom. The van der Waals surface area contributed by atoms with E-state index < -0.39 is 22.1 Å². The Morgan fingerprint density at radius 3 is 2.79 bits per heavy atom. The minimum atomic E-state index is -0.983. The number of likely N-dealkylation sites (N-methyl/N-ethyl adjacent to an activating group) is 1. The molecule has 0 aliphatic heterocycles. The summed E-state index contributed by atoms with van der Waals surface area (Å²) in [4.78, 5) is 39.5. The van der Waals surface area contributed by atoms with Gasteiger partial charge in [-0.1, -0.05) is 0 Å². The molecule has 0 saturated carbocycles. The van der Waals surface area contributed by atoms with E-state index in [0.717, 1.165) is 4.90 Å². The maximum absolute atomic E-state index is 11.5. The van der Waals surface area contributed by atoms with Crippen LogP contribution in [0.4, 0.5) is 17.5 Å². The third kappa shape index (κ3) is 3.40.